The molecule has 0 unspecified atom stereocenters. The van der Waals surface area contributed by atoms with Crippen molar-refractivity contribution < 1.29 is 24.0 Å². The predicted molar refractivity (Wildman–Crippen MR) is 124 cm³/mol. The van der Waals surface area contributed by atoms with Gasteiger partial charge in [0.2, 0.25) is 11.8 Å². The third kappa shape index (κ3) is 2.53. The van der Waals surface area contributed by atoms with E-state index in [9.17, 15) is 24.5 Å². The summed E-state index contributed by atoms with van der Waals surface area (Å²) in [5.74, 6) is -4.12. The molecule has 3 aromatic carbocycles. The minimum absolute atomic E-state index is 0.221. The molecule has 8 nitrogen and oxygen atoms in total. The number of imide groups is 1. The highest BCUT2D eigenvalue weighted by Crippen LogP contribution is 2.64. The Morgan fingerprint density at radius 1 is 0.943 bits per heavy atom. The number of carbonyl (C=O) groups excluding carboxylic acids is 3. The van der Waals surface area contributed by atoms with Crippen LogP contribution in [-0.4, -0.2) is 29.3 Å². The van der Waals surface area contributed by atoms with Crippen LogP contribution in [-0.2, 0) is 19.9 Å². The van der Waals surface area contributed by atoms with E-state index in [-0.39, 0.29) is 17.9 Å². The van der Waals surface area contributed by atoms with Crippen molar-refractivity contribution in [1.82, 2.24) is 0 Å². The van der Waals surface area contributed by atoms with Gasteiger partial charge in [-0.1, -0.05) is 48.5 Å². The number of ether oxygens (including phenoxy) is 1. The van der Waals surface area contributed by atoms with Gasteiger partial charge in [-0.2, -0.15) is 0 Å². The van der Waals surface area contributed by atoms with Gasteiger partial charge in [0.1, 0.15) is 5.92 Å². The highest BCUT2D eigenvalue weighted by atomic mass is 16.6. The minimum Gasteiger partial charge on any atom is -0.462 e. The lowest BCUT2D eigenvalue weighted by atomic mass is 9.51. The first kappa shape index (κ1) is 21.2. The molecule has 4 aliphatic rings. The Labute approximate surface area is 200 Å². The molecule has 1 aliphatic heterocycles. The highest BCUT2D eigenvalue weighted by molar-refractivity contribution is 6.23. The van der Waals surface area contributed by atoms with Crippen LogP contribution in [0.15, 0.2) is 72.8 Å². The quantitative estimate of drug-likeness (QED) is 0.250. The lowest BCUT2D eigenvalue weighted by molar-refractivity contribution is -0.578. The Morgan fingerprint density at radius 2 is 1.51 bits per heavy atom. The van der Waals surface area contributed by atoms with Gasteiger partial charge >= 0.3 is 5.97 Å². The molecule has 3 aliphatic carbocycles. The van der Waals surface area contributed by atoms with Gasteiger partial charge in [-0.3, -0.25) is 19.7 Å². The van der Waals surface area contributed by atoms with E-state index in [1.165, 1.54) is 24.3 Å². The molecule has 8 heteroatoms. The fourth-order valence-corrected chi connectivity index (χ4v) is 6.26. The van der Waals surface area contributed by atoms with Crippen LogP contribution < -0.4 is 4.90 Å². The maximum atomic E-state index is 13.9. The number of anilines is 1. The van der Waals surface area contributed by atoms with E-state index >= 15 is 0 Å². The molecular weight excluding hydrogens is 448 g/mol. The SMILES string of the molecule is CCOC(=O)c1ccc(N2C(=O)[C@@H]3C4c5ccccc5C([N+](=O)[O-])(c5ccccc54)[C@H]3C2=O)cc1. The molecule has 0 saturated carbocycles. The first-order chi connectivity index (χ1) is 16.9. The second-order valence-electron chi connectivity index (χ2n) is 8.96. The summed E-state index contributed by atoms with van der Waals surface area (Å²) in [6.07, 6.45) is 0. The van der Waals surface area contributed by atoms with Crippen molar-refractivity contribution in [3.8, 4) is 0 Å². The van der Waals surface area contributed by atoms with Gasteiger partial charge in [-0.15, -0.1) is 0 Å². The average Bonchev–Trinajstić information content (AvgIpc) is 3.14. The van der Waals surface area contributed by atoms with Crippen LogP contribution >= 0.6 is 0 Å². The van der Waals surface area contributed by atoms with Gasteiger partial charge in [-0.25, -0.2) is 9.69 Å². The van der Waals surface area contributed by atoms with Crippen LogP contribution in [0.2, 0.25) is 0 Å². The van der Waals surface area contributed by atoms with E-state index in [2.05, 4.69) is 0 Å². The second-order valence-corrected chi connectivity index (χ2v) is 8.96. The fourth-order valence-electron chi connectivity index (χ4n) is 6.26. The van der Waals surface area contributed by atoms with Crippen molar-refractivity contribution in [3.05, 3.63) is 111 Å². The number of esters is 1. The third-order valence-electron chi connectivity index (χ3n) is 7.50. The van der Waals surface area contributed by atoms with Crippen LogP contribution in [0.4, 0.5) is 5.69 Å². The summed E-state index contributed by atoms with van der Waals surface area (Å²) in [7, 11) is 0. The standard InChI is InChI=1S/C27H20N2O6/c1-2-35-26(32)15-11-13-16(14-12-15)28-24(30)22-21-17-7-3-5-9-19(17)27(29(33)34,23(22)25(28)31)20-10-6-4-8-18(20)21/h3-14,21-23H,2H2,1H3/t21?,22-,23-,27?/m1/s1. The Hall–Kier alpha value is -4.33. The van der Waals surface area contributed by atoms with Crippen molar-refractivity contribution in [1.29, 1.82) is 0 Å². The van der Waals surface area contributed by atoms with Gasteiger partial charge in [-0.05, 0) is 42.3 Å². The molecule has 0 N–H and O–H groups in total. The number of hydrogen-bond acceptors (Lipinski definition) is 6. The van der Waals surface area contributed by atoms with Gasteiger partial charge in [0.05, 0.1) is 23.8 Å². The van der Waals surface area contributed by atoms with E-state index in [4.69, 9.17) is 4.74 Å². The number of nitro groups is 1. The number of rotatable bonds is 4. The van der Waals surface area contributed by atoms with Gasteiger partial charge in [0.25, 0.3) is 5.54 Å². The molecule has 2 bridgehead atoms. The summed E-state index contributed by atoms with van der Waals surface area (Å²) in [4.78, 5) is 53.4. The summed E-state index contributed by atoms with van der Waals surface area (Å²) < 4.78 is 5.00. The number of nitrogens with zero attached hydrogens (tertiary/aromatic N) is 2. The van der Waals surface area contributed by atoms with Gasteiger partial charge < -0.3 is 4.74 Å². The average molecular weight is 468 g/mol. The van der Waals surface area contributed by atoms with Crippen molar-refractivity contribution in [2.24, 2.45) is 11.8 Å². The fraction of sp³-hybridized carbons (Fsp3) is 0.222. The van der Waals surface area contributed by atoms with Gasteiger partial charge in [0, 0.05) is 22.0 Å². The molecule has 174 valence electrons. The number of amides is 2. The van der Waals surface area contributed by atoms with Crippen LogP contribution in [0, 0.1) is 22.0 Å². The maximum Gasteiger partial charge on any atom is 0.338 e. The van der Waals surface area contributed by atoms with Crippen LogP contribution in [0.5, 0.6) is 0 Å². The van der Waals surface area contributed by atoms with E-state index in [1.54, 1.807) is 43.3 Å². The number of carbonyl (C=O) groups is 3. The zero-order chi connectivity index (χ0) is 24.5. The molecule has 1 saturated heterocycles. The van der Waals surface area contributed by atoms with E-state index in [0.29, 0.717) is 22.3 Å². The third-order valence-corrected chi connectivity index (χ3v) is 7.50. The topological polar surface area (TPSA) is 107 Å². The zero-order valence-electron chi connectivity index (χ0n) is 18.7. The molecule has 2 atom stereocenters. The molecule has 35 heavy (non-hydrogen) atoms. The molecule has 7 rings (SSSR count). The summed E-state index contributed by atoms with van der Waals surface area (Å²) in [5, 5.41) is 12.9. The zero-order valence-corrected chi connectivity index (χ0v) is 18.7. The Kier molecular flexibility index (Phi) is 4.45. The Balaban J connectivity index is 1.53. The number of hydrogen-bond donors (Lipinski definition) is 0. The number of benzene rings is 3. The normalized spacial score (nSPS) is 25.6. The van der Waals surface area contributed by atoms with Crippen molar-refractivity contribution in [2.75, 3.05) is 11.5 Å². The Bertz CT molecular complexity index is 1380. The van der Waals surface area contributed by atoms with Crippen molar-refractivity contribution >= 4 is 23.5 Å². The molecule has 3 aromatic rings. The second kappa shape index (κ2) is 7.33. The van der Waals surface area contributed by atoms with Crippen molar-refractivity contribution in [2.45, 2.75) is 18.4 Å². The Morgan fingerprint density at radius 3 is 2.06 bits per heavy atom. The highest BCUT2D eigenvalue weighted by Gasteiger charge is 2.74. The molecular formula is C27H20N2O6. The molecule has 1 heterocycles. The lowest BCUT2D eigenvalue weighted by Crippen LogP contribution is -2.57. The molecule has 0 aromatic heterocycles. The van der Waals surface area contributed by atoms with Crippen LogP contribution in [0.1, 0.15) is 45.5 Å². The first-order valence-electron chi connectivity index (χ1n) is 11.4. The summed E-state index contributed by atoms with van der Waals surface area (Å²) in [6, 6.07) is 20.1. The smallest absolute Gasteiger partial charge is 0.338 e. The predicted octanol–water partition coefficient (Wildman–Crippen LogP) is 3.65. The maximum absolute atomic E-state index is 13.9. The monoisotopic (exact) mass is 468 g/mol. The van der Waals surface area contributed by atoms with E-state index in [1.807, 2.05) is 12.1 Å². The minimum atomic E-state index is -1.86. The van der Waals surface area contributed by atoms with Crippen LogP contribution in [0.25, 0.3) is 0 Å². The summed E-state index contributed by atoms with van der Waals surface area (Å²) in [5.41, 5.74) is 1.06. The largest absolute Gasteiger partial charge is 0.462 e. The van der Waals surface area contributed by atoms with Crippen molar-refractivity contribution in [3.63, 3.8) is 0 Å². The van der Waals surface area contributed by atoms with Gasteiger partial charge in [0.15, 0.2) is 0 Å². The first-order valence-corrected chi connectivity index (χ1v) is 11.4. The van der Waals surface area contributed by atoms with Crippen LogP contribution in [0.3, 0.4) is 0 Å². The molecule has 1 fully saturated rings. The van der Waals surface area contributed by atoms with E-state index in [0.717, 1.165) is 4.90 Å². The summed E-state index contributed by atoms with van der Waals surface area (Å²) in [6.45, 7) is 1.92. The molecule has 2 amide bonds. The molecule has 0 spiro atoms. The lowest BCUT2D eigenvalue weighted by Gasteiger charge is -2.48. The summed E-state index contributed by atoms with van der Waals surface area (Å²) >= 11 is 0. The molecule has 0 radical (unpaired) electrons. The van der Waals surface area contributed by atoms with E-state index < -0.39 is 46.0 Å².